The van der Waals surface area contributed by atoms with Gasteiger partial charge in [0, 0.05) is 5.02 Å². The summed E-state index contributed by atoms with van der Waals surface area (Å²) >= 11 is 5.85. The zero-order chi connectivity index (χ0) is 15.7. The van der Waals surface area contributed by atoms with Crippen molar-refractivity contribution in [2.75, 3.05) is 10.8 Å². The molecule has 0 N–H and O–H groups in total. The molecule has 1 atom stereocenters. The lowest BCUT2D eigenvalue weighted by molar-refractivity contribution is 0.196. The van der Waals surface area contributed by atoms with Gasteiger partial charge in [-0.3, -0.25) is 4.31 Å². The fourth-order valence-corrected chi connectivity index (χ4v) is 4.07. The predicted molar refractivity (Wildman–Crippen MR) is 87.1 cm³/mol. The number of benzene rings is 2. The standard InChI is InChI=1S/C16H16ClNO3S/c1-2-13-11-18(15-5-3-4-6-16(15)21-13)22(19,20)14-9-7-12(17)8-10-14/h3-10,13H,2,11H2,1H3. The molecule has 1 unspecified atom stereocenters. The first-order valence-electron chi connectivity index (χ1n) is 7.06. The summed E-state index contributed by atoms with van der Waals surface area (Å²) in [5, 5.41) is 0.507. The van der Waals surface area contributed by atoms with Gasteiger partial charge in [-0.05, 0) is 42.8 Å². The van der Waals surface area contributed by atoms with Crippen LogP contribution in [0.4, 0.5) is 5.69 Å². The summed E-state index contributed by atoms with van der Waals surface area (Å²) in [5.41, 5.74) is 0.571. The fraction of sp³-hybridized carbons (Fsp3) is 0.250. The summed E-state index contributed by atoms with van der Waals surface area (Å²) in [6, 6.07) is 13.4. The minimum atomic E-state index is -3.64. The molecule has 0 spiro atoms. The number of para-hydroxylation sites is 2. The molecule has 0 saturated carbocycles. The smallest absolute Gasteiger partial charge is 0.264 e. The van der Waals surface area contributed by atoms with Crippen molar-refractivity contribution >= 4 is 27.3 Å². The van der Waals surface area contributed by atoms with Gasteiger partial charge >= 0.3 is 0 Å². The number of anilines is 1. The maximum Gasteiger partial charge on any atom is 0.264 e. The topological polar surface area (TPSA) is 46.6 Å². The Morgan fingerprint density at radius 1 is 1.18 bits per heavy atom. The van der Waals surface area contributed by atoms with Gasteiger partial charge in [0.2, 0.25) is 0 Å². The normalized spacial score (nSPS) is 17.7. The number of nitrogens with zero attached hydrogens (tertiary/aromatic N) is 1. The monoisotopic (exact) mass is 337 g/mol. The number of rotatable bonds is 3. The first-order chi connectivity index (χ1) is 10.5. The van der Waals surface area contributed by atoms with Crippen LogP contribution >= 0.6 is 11.6 Å². The highest BCUT2D eigenvalue weighted by atomic mass is 35.5. The van der Waals surface area contributed by atoms with E-state index in [0.717, 1.165) is 6.42 Å². The maximum atomic E-state index is 13.0. The Morgan fingerprint density at radius 3 is 2.55 bits per heavy atom. The molecular weight excluding hydrogens is 322 g/mol. The van der Waals surface area contributed by atoms with Gasteiger partial charge < -0.3 is 4.74 Å². The van der Waals surface area contributed by atoms with Crippen LogP contribution in [-0.4, -0.2) is 21.1 Å². The van der Waals surface area contributed by atoms with E-state index in [9.17, 15) is 8.42 Å². The number of ether oxygens (including phenoxy) is 1. The molecule has 0 amide bonds. The van der Waals surface area contributed by atoms with Gasteiger partial charge in [0.1, 0.15) is 11.9 Å². The number of hydrogen-bond donors (Lipinski definition) is 0. The largest absolute Gasteiger partial charge is 0.486 e. The van der Waals surface area contributed by atoms with Gasteiger partial charge in [-0.25, -0.2) is 8.42 Å². The zero-order valence-electron chi connectivity index (χ0n) is 12.1. The molecule has 0 aromatic heterocycles. The van der Waals surface area contributed by atoms with Crippen LogP contribution in [-0.2, 0) is 10.0 Å². The van der Waals surface area contributed by atoms with E-state index in [4.69, 9.17) is 16.3 Å². The number of hydrogen-bond acceptors (Lipinski definition) is 3. The van der Waals surface area contributed by atoms with Crippen molar-refractivity contribution in [2.24, 2.45) is 0 Å². The van der Waals surface area contributed by atoms with Gasteiger partial charge in [-0.2, -0.15) is 0 Å². The SMILES string of the molecule is CCC1CN(S(=O)(=O)c2ccc(Cl)cc2)c2ccccc2O1. The minimum Gasteiger partial charge on any atom is -0.486 e. The Kier molecular flexibility index (Phi) is 4.02. The average molecular weight is 338 g/mol. The number of fused-ring (bicyclic) bond motifs is 1. The van der Waals surface area contributed by atoms with E-state index in [1.165, 1.54) is 16.4 Å². The van der Waals surface area contributed by atoms with Crippen molar-refractivity contribution in [3.8, 4) is 5.75 Å². The minimum absolute atomic E-state index is 0.156. The molecule has 0 aliphatic carbocycles. The van der Waals surface area contributed by atoms with Gasteiger partial charge in [-0.1, -0.05) is 30.7 Å². The van der Waals surface area contributed by atoms with E-state index in [1.807, 2.05) is 13.0 Å². The molecule has 116 valence electrons. The third kappa shape index (κ3) is 2.66. The molecule has 22 heavy (non-hydrogen) atoms. The van der Waals surface area contributed by atoms with Crippen LogP contribution in [0.25, 0.3) is 0 Å². The Balaban J connectivity index is 2.08. The summed E-state index contributed by atoms with van der Waals surface area (Å²) < 4.78 is 33.2. The lowest BCUT2D eigenvalue weighted by Gasteiger charge is -2.35. The lowest BCUT2D eigenvalue weighted by atomic mass is 10.2. The first-order valence-corrected chi connectivity index (χ1v) is 8.88. The van der Waals surface area contributed by atoms with E-state index >= 15 is 0 Å². The molecule has 0 fully saturated rings. The molecule has 3 rings (SSSR count). The van der Waals surface area contributed by atoms with Crippen LogP contribution in [0.15, 0.2) is 53.4 Å². The third-order valence-electron chi connectivity index (χ3n) is 3.65. The number of halogens is 1. The molecule has 1 heterocycles. The molecule has 1 aliphatic rings. The molecule has 0 bridgehead atoms. The number of sulfonamides is 1. The summed E-state index contributed by atoms with van der Waals surface area (Å²) in [7, 11) is -3.64. The van der Waals surface area contributed by atoms with Crippen molar-refractivity contribution in [1.29, 1.82) is 0 Å². The van der Waals surface area contributed by atoms with E-state index in [1.54, 1.807) is 30.3 Å². The van der Waals surface area contributed by atoms with Crippen molar-refractivity contribution in [3.63, 3.8) is 0 Å². The summed E-state index contributed by atoms with van der Waals surface area (Å²) in [6.07, 6.45) is 0.581. The van der Waals surface area contributed by atoms with E-state index < -0.39 is 10.0 Å². The quantitative estimate of drug-likeness (QED) is 0.857. The van der Waals surface area contributed by atoms with Crippen molar-refractivity contribution in [2.45, 2.75) is 24.3 Å². The first kappa shape index (κ1) is 15.2. The lowest BCUT2D eigenvalue weighted by Crippen LogP contribution is -2.43. The fourth-order valence-electron chi connectivity index (χ4n) is 2.44. The van der Waals surface area contributed by atoms with E-state index in [2.05, 4.69) is 0 Å². The highest BCUT2D eigenvalue weighted by molar-refractivity contribution is 7.92. The van der Waals surface area contributed by atoms with Crippen molar-refractivity contribution < 1.29 is 13.2 Å². The molecule has 0 saturated heterocycles. The van der Waals surface area contributed by atoms with Crippen molar-refractivity contribution in [3.05, 3.63) is 53.6 Å². The third-order valence-corrected chi connectivity index (χ3v) is 5.70. The second kappa shape index (κ2) is 5.82. The maximum absolute atomic E-state index is 13.0. The van der Waals surface area contributed by atoms with Gasteiger partial charge in [0.15, 0.2) is 0 Å². The molecule has 0 radical (unpaired) electrons. The molecule has 2 aromatic carbocycles. The summed E-state index contributed by atoms with van der Waals surface area (Å²) in [4.78, 5) is 0.225. The van der Waals surface area contributed by atoms with Crippen LogP contribution in [0.5, 0.6) is 5.75 Å². The van der Waals surface area contributed by atoms with Crippen LogP contribution in [0.3, 0.4) is 0 Å². The average Bonchev–Trinajstić information content (AvgIpc) is 2.54. The second-order valence-electron chi connectivity index (χ2n) is 5.11. The van der Waals surface area contributed by atoms with Crippen LogP contribution in [0, 0.1) is 0 Å². The van der Waals surface area contributed by atoms with Crippen LogP contribution < -0.4 is 9.04 Å². The van der Waals surface area contributed by atoms with Crippen molar-refractivity contribution in [1.82, 2.24) is 0 Å². The second-order valence-corrected chi connectivity index (χ2v) is 7.40. The van der Waals surface area contributed by atoms with E-state index in [0.29, 0.717) is 23.0 Å². The highest BCUT2D eigenvalue weighted by Gasteiger charge is 2.33. The molecule has 4 nitrogen and oxygen atoms in total. The molecule has 1 aliphatic heterocycles. The predicted octanol–water partition coefficient (Wildman–Crippen LogP) is 3.71. The van der Waals surface area contributed by atoms with Crippen LogP contribution in [0.2, 0.25) is 5.02 Å². The van der Waals surface area contributed by atoms with Gasteiger partial charge in [-0.15, -0.1) is 0 Å². The van der Waals surface area contributed by atoms with E-state index in [-0.39, 0.29) is 11.0 Å². The summed E-state index contributed by atoms with van der Waals surface area (Å²) in [5.74, 6) is 0.595. The Bertz CT molecular complexity index is 774. The zero-order valence-corrected chi connectivity index (χ0v) is 13.6. The summed E-state index contributed by atoms with van der Waals surface area (Å²) in [6.45, 7) is 2.28. The van der Waals surface area contributed by atoms with Gasteiger partial charge in [0.05, 0.1) is 17.1 Å². The molecule has 2 aromatic rings. The highest BCUT2D eigenvalue weighted by Crippen LogP contribution is 2.37. The van der Waals surface area contributed by atoms with Crippen LogP contribution in [0.1, 0.15) is 13.3 Å². The molecular formula is C16H16ClNO3S. The Hall–Kier alpha value is -1.72. The Labute approximate surface area is 135 Å². The van der Waals surface area contributed by atoms with Gasteiger partial charge in [0.25, 0.3) is 10.0 Å². The Morgan fingerprint density at radius 2 is 1.86 bits per heavy atom. The molecule has 6 heteroatoms.